The van der Waals surface area contributed by atoms with E-state index >= 15 is 0 Å². The molecule has 0 bridgehead atoms. The summed E-state index contributed by atoms with van der Waals surface area (Å²) in [6, 6.07) is 0. The average Bonchev–Trinajstić information content (AvgIpc) is 3.10. The summed E-state index contributed by atoms with van der Waals surface area (Å²) in [5.41, 5.74) is 5.13. The summed E-state index contributed by atoms with van der Waals surface area (Å²) in [7, 11) is 0. The zero-order valence-electron chi connectivity index (χ0n) is 10.3. The number of thiazole rings is 1. The molecule has 2 N–H and O–H groups in total. The van der Waals surface area contributed by atoms with Crippen molar-refractivity contribution in [3.8, 4) is 0 Å². The van der Waals surface area contributed by atoms with Gasteiger partial charge in [0.15, 0.2) is 0 Å². The smallest absolute Gasteiger partial charge is 0.0922 e. The van der Waals surface area contributed by atoms with Gasteiger partial charge >= 0.3 is 0 Å². The average molecular weight is 274 g/mol. The second-order valence-corrected chi connectivity index (χ2v) is 5.00. The van der Waals surface area contributed by atoms with E-state index in [4.69, 9.17) is 0 Å². The second kappa shape index (κ2) is 5.77. The van der Waals surface area contributed by atoms with Crippen LogP contribution < -0.4 is 0 Å². The number of nitrogens with one attached hydrogen (secondary N) is 2. The van der Waals surface area contributed by atoms with Gasteiger partial charge in [0.05, 0.1) is 23.9 Å². The molecule has 3 rings (SSSR count). The van der Waals surface area contributed by atoms with Gasteiger partial charge in [-0.1, -0.05) is 0 Å². The Morgan fingerprint density at radius 2 is 1.68 bits per heavy atom. The lowest BCUT2D eigenvalue weighted by molar-refractivity contribution is 0.240. The zero-order valence-corrected chi connectivity index (χ0v) is 11.1. The van der Waals surface area contributed by atoms with E-state index in [2.05, 4.69) is 35.2 Å². The number of hydrogen-bond acceptors (Lipinski definition) is 5. The first-order valence-electron chi connectivity index (χ1n) is 5.94. The van der Waals surface area contributed by atoms with E-state index in [-0.39, 0.29) is 0 Å². The molecule has 3 aromatic heterocycles. The fourth-order valence-corrected chi connectivity index (χ4v) is 2.49. The van der Waals surface area contributed by atoms with Gasteiger partial charge in [0.25, 0.3) is 0 Å². The van der Waals surface area contributed by atoms with Crippen molar-refractivity contribution in [2.45, 2.75) is 19.6 Å². The molecule has 0 aliphatic rings. The molecule has 6 nitrogen and oxygen atoms in total. The topological polar surface area (TPSA) is 73.5 Å². The molecule has 0 aliphatic carbocycles. The Labute approximate surface area is 114 Å². The van der Waals surface area contributed by atoms with Gasteiger partial charge in [-0.05, 0) is 0 Å². The molecule has 0 aromatic carbocycles. The van der Waals surface area contributed by atoms with Crippen LogP contribution in [0.15, 0.2) is 35.9 Å². The molecule has 0 saturated carbocycles. The van der Waals surface area contributed by atoms with E-state index in [1.807, 2.05) is 17.9 Å². The predicted molar refractivity (Wildman–Crippen MR) is 72.2 cm³/mol. The van der Waals surface area contributed by atoms with Crippen molar-refractivity contribution in [1.29, 1.82) is 0 Å². The molecular formula is C12H14N6S. The van der Waals surface area contributed by atoms with Crippen molar-refractivity contribution in [3.63, 3.8) is 0 Å². The van der Waals surface area contributed by atoms with Gasteiger partial charge in [0, 0.05) is 48.8 Å². The van der Waals surface area contributed by atoms with E-state index in [1.165, 1.54) is 0 Å². The van der Waals surface area contributed by atoms with Crippen molar-refractivity contribution in [2.24, 2.45) is 0 Å². The van der Waals surface area contributed by atoms with Crippen molar-refractivity contribution >= 4 is 11.3 Å². The largest absolute Gasteiger partial charge is 0.347 e. The van der Waals surface area contributed by atoms with Crippen LogP contribution in [0.3, 0.4) is 0 Å². The van der Waals surface area contributed by atoms with Crippen LogP contribution >= 0.6 is 11.3 Å². The molecule has 0 spiro atoms. The lowest BCUT2D eigenvalue weighted by Crippen LogP contribution is -2.23. The number of aromatic amines is 2. The highest BCUT2D eigenvalue weighted by atomic mass is 32.1. The molecule has 98 valence electrons. The molecule has 0 fully saturated rings. The fourth-order valence-electron chi connectivity index (χ4n) is 1.94. The zero-order chi connectivity index (χ0) is 12.9. The molecule has 3 aromatic rings. The van der Waals surface area contributed by atoms with Crippen LogP contribution in [0, 0.1) is 0 Å². The minimum absolute atomic E-state index is 0.802. The Bertz CT molecular complexity index is 486. The summed E-state index contributed by atoms with van der Waals surface area (Å²) in [4.78, 5) is 21.0. The summed E-state index contributed by atoms with van der Waals surface area (Å²) in [6.07, 6.45) is 7.10. The Morgan fingerprint density at radius 3 is 2.16 bits per heavy atom. The first-order chi connectivity index (χ1) is 9.40. The molecule has 7 heteroatoms. The predicted octanol–water partition coefficient (Wildman–Crippen LogP) is 1.79. The molecule has 19 heavy (non-hydrogen) atoms. The van der Waals surface area contributed by atoms with E-state index in [0.29, 0.717) is 0 Å². The maximum Gasteiger partial charge on any atom is 0.0922 e. The van der Waals surface area contributed by atoms with Gasteiger partial charge in [-0.3, -0.25) is 4.90 Å². The number of nitrogens with zero attached hydrogens (tertiary/aromatic N) is 4. The van der Waals surface area contributed by atoms with Crippen molar-refractivity contribution < 1.29 is 0 Å². The van der Waals surface area contributed by atoms with Crippen LogP contribution in [0.25, 0.3) is 0 Å². The van der Waals surface area contributed by atoms with Crippen LogP contribution in [0.5, 0.6) is 0 Å². The third-order valence-corrected chi connectivity index (χ3v) is 3.40. The van der Waals surface area contributed by atoms with E-state index in [0.717, 1.165) is 36.7 Å². The van der Waals surface area contributed by atoms with Crippen LogP contribution in [0.4, 0.5) is 0 Å². The summed E-state index contributed by atoms with van der Waals surface area (Å²) in [5, 5.41) is 2.08. The van der Waals surface area contributed by atoms with Crippen LogP contribution in [-0.4, -0.2) is 29.8 Å². The van der Waals surface area contributed by atoms with E-state index in [1.54, 1.807) is 24.0 Å². The van der Waals surface area contributed by atoms with Gasteiger partial charge in [-0.15, -0.1) is 11.3 Å². The molecule has 0 aliphatic heterocycles. The molecule has 3 heterocycles. The summed E-state index contributed by atoms with van der Waals surface area (Å²) < 4.78 is 0. The number of aromatic nitrogens is 5. The molecular weight excluding hydrogens is 260 g/mol. The van der Waals surface area contributed by atoms with Gasteiger partial charge in [-0.25, -0.2) is 15.0 Å². The monoisotopic (exact) mass is 274 g/mol. The molecule has 0 amide bonds. The Hall–Kier alpha value is -1.99. The first-order valence-corrected chi connectivity index (χ1v) is 6.88. The number of rotatable bonds is 6. The van der Waals surface area contributed by atoms with Crippen LogP contribution in [0.2, 0.25) is 0 Å². The van der Waals surface area contributed by atoms with Crippen LogP contribution in [0.1, 0.15) is 17.1 Å². The minimum Gasteiger partial charge on any atom is -0.347 e. The summed E-state index contributed by atoms with van der Waals surface area (Å²) in [6.45, 7) is 2.41. The highest BCUT2D eigenvalue weighted by molar-refractivity contribution is 7.07. The van der Waals surface area contributed by atoms with Gasteiger partial charge in [-0.2, -0.15) is 0 Å². The highest BCUT2D eigenvalue weighted by Crippen LogP contribution is 2.11. The second-order valence-electron chi connectivity index (χ2n) is 4.28. The summed E-state index contributed by atoms with van der Waals surface area (Å²) in [5.74, 6) is 0. The Kier molecular flexibility index (Phi) is 3.66. The Morgan fingerprint density at radius 1 is 1.00 bits per heavy atom. The SMILES string of the molecule is c1ncc(CN(Cc2cscn2)Cc2cnc[nH]2)[nH]1. The number of H-pyrrole nitrogens is 2. The van der Waals surface area contributed by atoms with Crippen molar-refractivity contribution in [2.75, 3.05) is 0 Å². The third kappa shape index (κ3) is 3.27. The molecule has 0 radical (unpaired) electrons. The van der Waals surface area contributed by atoms with Gasteiger partial charge < -0.3 is 9.97 Å². The normalized spacial score (nSPS) is 11.2. The molecule has 0 unspecified atom stereocenters. The van der Waals surface area contributed by atoms with Crippen molar-refractivity contribution in [1.82, 2.24) is 29.8 Å². The lowest BCUT2D eigenvalue weighted by atomic mass is 10.3. The van der Waals surface area contributed by atoms with Crippen molar-refractivity contribution in [3.05, 3.63) is 53.0 Å². The Balaban J connectivity index is 1.70. The van der Waals surface area contributed by atoms with Crippen LogP contribution in [-0.2, 0) is 19.6 Å². The standard InChI is InChI=1S/C12H14N6S/c1-10(15-7-13-1)3-18(4-11-2-14-8-16-11)5-12-6-19-9-17-12/h1-2,6-9H,3-5H2,(H,13,15)(H,14,16). The summed E-state index contributed by atoms with van der Waals surface area (Å²) >= 11 is 1.62. The molecule has 0 atom stereocenters. The third-order valence-electron chi connectivity index (χ3n) is 2.77. The maximum atomic E-state index is 4.34. The number of imidazole rings is 2. The highest BCUT2D eigenvalue weighted by Gasteiger charge is 2.10. The van der Waals surface area contributed by atoms with Gasteiger partial charge in [0.1, 0.15) is 0 Å². The quantitative estimate of drug-likeness (QED) is 0.718. The molecule has 0 saturated heterocycles. The maximum absolute atomic E-state index is 4.34. The fraction of sp³-hybridized carbons (Fsp3) is 0.250. The lowest BCUT2D eigenvalue weighted by Gasteiger charge is -2.19. The van der Waals surface area contributed by atoms with E-state index in [9.17, 15) is 0 Å². The minimum atomic E-state index is 0.802. The first kappa shape index (κ1) is 12.1. The van der Waals surface area contributed by atoms with Gasteiger partial charge in [0.2, 0.25) is 0 Å². The number of hydrogen-bond donors (Lipinski definition) is 2. The van der Waals surface area contributed by atoms with E-state index < -0.39 is 0 Å².